The fourth-order valence-corrected chi connectivity index (χ4v) is 4.04. The van der Waals surface area contributed by atoms with Gasteiger partial charge in [0.2, 0.25) is 0 Å². The van der Waals surface area contributed by atoms with Gasteiger partial charge in [0.1, 0.15) is 5.75 Å². The van der Waals surface area contributed by atoms with Gasteiger partial charge in [-0.25, -0.2) is 18.1 Å². The number of sulfonamides is 1. The van der Waals surface area contributed by atoms with Crippen molar-refractivity contribution >= 4 is 26.5 Å². The Balaban J connectivity index is 2.15. The Kier molecular flexibility index (Phi) is 4.26. The van der Waals surface area contributed by atoms with Crippen LogP contribution in [-0.4, -0.2) is 20.5 Å². The molecule has 0 spiro atoms. The summed E-state index contributed by atoms with van der Waals surface area (Å²) >= 11 is 0.956. The van der Waals surface area contributed by atoms with Crippen LogP contribution < -0.4 is 15.2 Å². The zero-order valence-corrected chi connectivity index (χ0v) is 12.7. The van der Waals surface area contributed by atoms with Gasteiger partial charge in [-0.2, -0.15) is 0 Å². The highest BCUT2D eigenvalue weighted by molar-refractivity contribution is 7.91. The number of nitrogens with one attached hydrogen (secondary N) is 1. The number of nitrogen functional groups attached to an aromatic ring is 1. The Morgan fingerprint density at radius 3 is 2.80 bits per heavy atom. The second kappa shape index (κ2) is 5.78. The van der Waals surface area contributed by atoms with Crippen molar-refractivity contribution in [1.82, 2.24) is 9.71 Å². The predicted molar refractivity (Wildman–Crippen MR) is 78.3 cm³/mol. The van der Waals surface area contributed by atoms with Crippen LogP contribution in [0.1, 0.15) is 11.3 Å². The lowest BCUT2D eigenvalue weighted by molar-refractivity contribution is 0.414. The molecule has 0 atom stereocenters. The first-order chi connectivity index (χ1) is 9.42. The van der Waals surface area contributed by atoms with Gasteiger partial charge in [0.05, 0.1) is 12.8 Å². The van der Waals surface area contributed by atoms with E-state index in [4.69, 9.17) is 10.5 Å². The van der Waals surface area contributed by atoms with E-state index in [1.165, 1.54) is 0 Å². The molecular formula is C12H15N3O3S2. The lowest BCUT2D eigenvalue weighted by Gasteiger charge is -2.07. The average Bonchev–Trinajstić information content (AvgIpc) is 2.77. The van der Waals surface area contributed by atoms with Gasteiger partial charge in [0.25, 0.3) is 10.0 Å². The molecule has 8 heteroatoms. The van der Waals surface area contributed by atoms with Crippen LogP contribution in [0, 0.1) is 6.92 Å². The minimum Gasteiger partial charge on any atom is -0.497 e. The number of ether oxygens (including phenoxy) is 1. The second-order valence-electron chi connectivity index (χ2n) is 4.10. The summed E-state index contributed by atoms with van der Waals surface area (Å²) in [5.41, 5.74) is 6.74. The number of thiazole rings is 1. The van der Waals surface area contributed by atoms with Crippen LogP contribution in [0.3, 0.4) is 0 Å². The van der Waals surface area contributed by atoms with Crippen molar-refractivity contribution in [2.75, 3.05) is 12.8 Å². The first-order valence-electron chi connectivity index (χ1n) is 5.78. The maximum Gasteiger partial charge on any atom is 0.252 e. The number of hydrogen-bond acceptors (Lipinski definition) is 6. The maximum atomic E-state index is 12.2. The summed E-state index contributed by atoms with van der Waals surface area (Å²) in [6.07, 6.45) is 0. The molecule has 1 aromatic carbocycles. The van der Waals surface area contributed by atoms with Crippen molar-refractivity contribution in [1.29, 1.82) is 0 Å². The summed E-state index contributed by atoms with van der Waals surface area (Å²) in [5, 5.41) is 0.240. The van der Waals surface area contributed by atoms with E-state index < -0.39 is 10.0 Å². The Morgan fingerprint density at radius 2 is 2.20 bits per heavy atom. The van der Waals surface area contributed by atoms with E-state index in [-0.39, 0.29) is 15.9 Å². The largest absolute Gasteiger partial charge is 0.497 e. The lowest BCUT2D eigenvalue weighted by atomic mass is 10.2. The van der Waals surface area contributed by atoms with E-state index in [2.05, 4.69) is 9.71 Å². The van der Waals surface area contributed by atoms with Crippen LogP contribution in [0.2, 0.25) is 0 Å². The number of benzene rings is 1. The molecule has 2 aromatic rings. The normalized spacial score (nSPS) is 11.5. The van der Waals surface area contributed by atoms with E-state index in [9.17, 15) is 8.42 Å². The molecule has 6 nitrogen and oxygen atoms in total. The van der Waals surface area contributed by atoms with Gasteiger partial charge in [0, 0.05) is 6.54 Å². The fourth-order valence-electron chi connectivity index (χ4n) is 1.68. The summed E-state index contributed by atoms with van der Waals surface area (Å²) in [5.74, 6) is 0.680. The van der Waals surface area contributed by atoms with Gasteiger partial charge in [-0.1, -0.05) is 23.5 Å². The van der Waals surface area contributed by atoms with Gasteiger partial charge >= 0.3 is 0 Å². The Hall–Kier alpha value is -1.64. The number of nitrogens with zero attached hydrogens (tertiary/aromatic N) is 1. The molecule has 0 unspecified atom stereocenters. The van der Waals surface area contributed by atoms with Crippen LogP contribution in [0.5, 0.6) is 5.75 Å². The summed E-state index contributed by atoms with van der Waals surface area (Å²) in [7, 11) is -2.04. The first-order valence-corrected chi connectivity index (χ1v) is 8.08. The summed E-state index contributed by atoms with van der Waals surface area (Å²) in [4.78, 5) is 3.92. The third-order valence-corrected chi connectivity index (χ3v) is 5.61. The minimum atomic E-state index is -3.60. The highest BCUT2D eigenvalue weighted by Crippen LogP contribution is 2.24. The smallest absolute Gasteiger partial charge is 0.252 e. The number of anilines is 1. The molecule has 0 aliphatic rings. The monoisotopic (exact) mass is 313 g/mol. The van der Waals surface area contributed by atoms with E-state index in [1.54, 1.807) is 32.2 Å². The molecule has 20 heavy (non-hydrogen) atoms. The molecule has 0 fully saturated rings. The van der Waals surface area contributed by atoms with Crippen molar-refractivity contribution in [2.24, 2.45) is 0 Å². The molecule has 0 saturated heterocycles. The van der Waals surface area contributed by atoms with Crippen LogP contribution in [0.25, 0.3) is 0 Å². The molecule has 0 aliphatic carbocycles. The highest BCUT2D eigenvalue weighted by atomic mass is 32.2. The lowest BCUT2D eigenvalue weighted by Crippen LogP contribution is -2.23. The molecule has 0 radical (unpaired) electrons. The minimum absolute atomic E-state index is 0.151. The van der Waals surface area contributed by atoms with Crippen molar-refractivity contribution in [3.05, 3.63) is 35.5 Å². The third kappa shape index (κ3) is 3.27. The molecule has 3 N–H and O–H groups in total. The number of nitrogens with two attached hydrogens (primary N) is 1. The van der Waals surface area contributed by atoms with Crippen LogP contribution in [-0.2, 0) is 16.6 Å². The average molecular weight is 313 g/mol. The summed E-state index contributed by atoms with van der Waals surface area (Å²) < 4.78 is 32.1. The zero-order chi connectivity index (χ0) is 14.8. The molecule has 0 bridgehead atoms. The van der Waals surface area contributed by atoms with Crippen molar-refractivity contribution in [3.63, 3.8) is 0 Å². The standard InChI is InChI=1S/C12H15N3O3S2/c1-8-11(19-12(13)15-8)20(16,17)14-7-9-4-3-5-10(6-9)18-2/h3-6,14H,7H2,1-2H3,(H2,13,15). The highest BCUT2D eigenvalue weighted by Gasteiger charge is 2.20. The molecular weight excluding hydrogens is 298 g/mol. The van der Waals surface area contributed by atoms with Crippen LogP contribution >= 0.6 is 11.3 Å². The van der Waals surface area contributed by atoms with Crippen molar-refractivity contribution in [2.45, 2.75) is 17.7 Å². The Bertz CT molecular complexity index is 710. The zero-order valence-electron chi connectivity index (χ0n) is 11.1. The number of hydrogen-bond donors (Lipinski definition) is 2. The molecule has 1 heterocycles. The van der Waals surface area contributed by atoms with Gasteiger partial charge in [-0.05, 0) is 24.6 Å². The molecule has 0 amide bonds. The van der Waals surface area contributed by atoms with Crippen LogP contribution in [0.15, 0.2) is 28.5 Å². The van der Waals surface area contributed by atoms with Gasteiger partial charge in [-0.15, -0.1) is 0 Å². The van der Waals surface area contributed by atoms with Crippen molar-refractivity contribution < 1.29 is 13.2 Å². The van der Waals surface area contributed by atoms with Crippen molar-refractivity contribution in [3.8, 4) is 5.75 Å². The first kappa shape index (κ1) is 14.8. The predicted octanol–water partition coefficient (Wildman–Crippen LogP) is 1.52. The molecule has 1 aromatic heterocycles. The molecule has 2 rings (SSSR count). The second-order valence-corrected chi connectivity index (χ2v) is 7.09. The van der Waals surface area contributed by atoms with Gasteiger partial charge in [0.15, 0.2) is 9.34 Å². The van der Waals surface area contributed by atoms with E-state index in [0.717, 1.165) is 16.9 Å². The van der Waals surface area contributed by atoms with E-state index in [0.29, 0.717) is 11.4 Å². The van der Waals surface area contributed by atoms with Gasteiger partial charge < -0.3 is 10.5 Å². The number of aryl methyl sites for hydroxylation is 1. The number of rotatable bonds is 5. The summed E-state index contributed by atoms with van der Waals surface area (Å²) in [6.45, 7) is 1.80. The van der Waals surface area contributed by atoms with E-state index in [1.807, 2.05) is 6.07 Å². The Labute approximate surface area is 121 Å². The number of aromatic nitrogens is 1. The van der Waals surface area contributed by atoms with Gasteiger partial charge in [-0.3, -0.25) is 0 Å². The third-order valence-electron chi connectivity index (χ3n) is 2.62. The molecule has 108 valence electrons. The van der Waals surface area contributed by atoms with E-state index >= 15 is 0 Å². The number of methoxy groups -OCH3 is 1. The molecule has 0 aliphatic heterocycles. The molecule has 0 saturated carbocycles. The SMILES string of the molecule is COc1cccc(CNS(=O)(=O)c2sc(N)nc2C)c1. The Morgan fingerprint density at radius 1 is 1.45 bits per heavy atom. The summed E-state index contributed by atoms with van der Waals surface area (Å²) in [6, 6.07) is 7.19. The fraction of sp³-hybridized carbons (Fsp3) is 0.250. The quantitative estimate of drug-likeness (QED) is 0.873. The topological polar surface area (TPSA) is 94.3 Å². The maximum absolute atomic E-state index is 12.2. The van der Waals surface area contributed by atoms with Crippen LogP contribution in [0.4, 0.5) is 5.13 Å².